The Kier molecular flexibility index (Phi) is 2.44. The van der Waals surface area contributed by atoms with Gasteiger partial charge in [-0.15, -0.1) is 4.52 Å². The average Bonchev–Trinajstić information content (AvgIpc) is 1.94. The van der Waals surface area contributed by atoms with Gasteiger partial charge >= 0.3 is 8.03 Å². The van der Waals surface area contributed by atoms with Gasteiger partial charge in [-0.1, -0.05) is 0 Å². The highest BCUT2D eigenvalue weighted by Gasteiger charge is 2.18. The Hall–Kier alpha value is 0.0600. The van der Waals surface area contributed by atoms with Crippen LogP contribution < -0.4 is 0 Å². The van der Waals surface area contributed by atoms with Crippen molar-refractivity contribution in [1.82, 2.24) is 0 Å². The molecule has 0 bridgehead atoms. The predicted octanol–water partition coefficient (Wildman–Crippen LogP) is 1.93. The fraction of sp³-hybridized carbons (Fsp3) is 1.00. The third-order valence-electron chi connectivity index (χ3n) is 1.22. The standard InChI is InChI=1S/C5H10O2P/c6-8-5-3-1-2-4-7-8/h1-5H2/q+1. The van der Waals surface area contributed by atoms with Crippen LogP contribution in [0.2, 0.25) is 0 Å². The quantitative estimate of drug-likeness (QED) is 0.472. The molecule has 0 radical (unpaired) electrons. The topological polar surface area (TPSA) is 26.3 Å². The first-order valence-electron chi connectivity index (χ1n) is 2.97. The molecule has 1 saturated heterocycles. The van der Waals surface area contributed by atoms with E-state index < -0.39 is 8.03 Å². The van der Waals surface area contributed by atoms with Gasteiger partial charge in [0.25, 0.3) is 0 Å². The van der Waals surface area contributed by atoms with Crippen LogP contribution in [0.3, 0.4) is 0 Å². The van der Waals surface area contributed by atoms with Gasteiger partial charge in [0, 0.05) is 0 Å². The Balaban J connectivity index is 2.27. The monoisotopic (exact) mass is 133 g/mol. The summed E-state index contributed by atoms with van der Waals surface area (Å²) in [6.45, 7) is 0.704. The molecule has 1 atom stereocenters. The molecule has 1 unspecified atom stereocenters. The summed E-state index contributed by atoms with van der Waals surface area (Å²) in [6.07, 6.45) is 4.12. The largest absolute Gasteiger partial charge is 0.508 e. The Bertz CT molecular complexity index is 82.4. The van der Waals surface area contributed by atoms with Gasteiger partial charge in [0.05, 0.1) is 0 Å². The molecule has 0 aromatic rings. The van der Waals surface area contributed by atoms with E-state index in [2.05, 4.69) is 0 Å². The highest BCUT2D eigenvalue weighted by atomic mass is 31.1. The van der Waals surface area contributed by atoms with Gasteiger partial charge in [0.2, 0.25) is 0 Å². The van der Waals surface area contributed by atoms with Crippen molar-refractivity contribution in [3.63, 3.8) is 0 Å². The Labute approximate surface area is 50.1 Å². The SMILES string of the molecule is O=[P+]1CCCCCO1. The molecular weight excluding hydrogens is 123 g/mol. The van der Waals surface area contributed by atoms with Gasteiger partial charge in [-0.3, -0.25) is 0 Å². The van der Waals surface area contributed by atoms with Crippen molar-refractivity contribution in [3.8, 4) is 0 Å². The molecule has 1 heterocycles. The first-order chi connectivity index (χ1) is 3.89. The second-order valence-corrected chi connectivity index (χ2v) is 3.32. The molecule has 0 spiro atoms. The van der Waals surface area contributed by atoms with E-state index in [1.807, 2.05) is 0 Å². The summed E-state index contributed by atoms with van der Waals surface area (Å²) in [5.41, 5.74) is 0. The summed E-state index contributed by atoms with van der Waals surface area (Å²) in [6, 6.07) is 0. The number of hydrogen-bond donors (Lipinski definition) is 0. The Morgan fingerprint density at radius 1 is 1.25 bits per heavy atom. The van der Waals surface area contributed by atoms with Crippen LogP contribution >= 0.6 is 8.03 Å². The first kappa shape index (κ1) is 6.18. The van der Waals surface area contributed by atoms with Crippen LogP contribution in [0.4, 0.5) is 0 Å². The maximum atomic E-state index is 10.6. The van der Waals surface area contributed by atoms with Crippen molar-refractivity contribution < 1.29 is 9.09 Å². The summed E-state index contributed by atoms with van der Waals surface area (Å²) in [4.78, 5) is 0. The van der Waals surface area contributed by atoms with Crippen LogP contribution in [0, 0.1) is 0 Å². The second-order valence-electron chi connectivity index (χ2n) is 1.95. The van der Waals surface area contributed by atoms with Crippen LogP contribution in [0.1, 0.15) is 19.3 Å². The highest BCUT2D eigenvalue weighted by Crippen LogP contribution is 2.27. The molecule has 46 valence electrons. The summed E-state index contributed by atoms with van der Waals surface area (Å²) in [5, 5.41) is 0. The van der Waals surface area contributed by atoms with E-state index in [1.165, 1.54) is 6.42 Å². The lowest BCUT2D eigenvalue weighted by Gasteiger charge is -1.81. The second kappa shape index (κ2) is 3.16. The lowest BCUT2D eigenvalue weighted by molar-refractivity contribution is 0.330. The van der Waals surface area contributed by atoms with Crippen molar-refractivity contribution in [2.45, 2.75) is 19.3 Å². The van der Waals surface area contributed by atoms with E-state index in [9.17, 15) is 4.57 Å². The van der Waals surface area contributed by atoms with Crippen molar-refractivity contribution in [3.05, 3.63) is 0 Å². The minimum Gasteiger partial charge on any atom is -0.146 e. The van der Waals surface area contributed by atoms with E-state index in [4.69, 9.17) is 4.52 Å². The maximum absolute atomic E-state index is 10.6. The average molecular weight is 133 g/mol. The minimum absolute atomic E-state index is 0.704. The molecule has 2 nitrogen and oxygen atoms in total. The van der Waals surface area contributed by atoms with E-state index in [-0.39, 0.29) is 0 Å². The molecule has 0 aromatic carbocycles. The molecule has 1 aliphatic rings. The van der Waals surface area contributed by atoms with E-state index in [1.54, 1.807) is 0 Å². The zero-order valence-corrected chi connectivity index (χ0v) is 5.69. The lowest BCUT2D eigenvalue weighted by atomic mass is 10.3. The van der Waals surface area contributed by atoms with E-state index >= 15 is 0 Å². The van der Waals surface area contributed by atoms with Crippen LogP contribution in [0.25, 0.3) is 0 Å². The van der Waals surface area contributed by atoms with Gasteiger partial charge in [-0.25, -0.2) is 0 Å². The first-order valence-corrected chi connectivity index (χ1v) is 4.33. The van der Waals surface area contributed by atoms with Crippen LogP contribution in [-0.4, -0.2) is 12.8 Å². The third-order valence-corrected chi connectivity index (χ3v) is 2.37. The normalized spacial score (nSPS) is 27.2. The summed E-state index contributed by atoms with van der Waals surface area (Å²) >= 11 is 0. The van der Waals surface area contributed by atoms with Crippen LogP contribution in [-0.2, 0) is 9.09 Å². The van der Waals surface area contributed by atoms with Crippen molar-refractivity contribution in [2.75, 3.05) is 12.8 Å². The summed E-state index contributed by atoms with van der Waals surface area (Å²) in [5.74, 6) is 0. The Morgan fingerprint density at radius 3 is 3.00 bits per heavy atom. The predicted molar refractivity (Wildman–Crippen MR) is 32.3 cm³/mol. The van der Waals surface area contributed by atoms with Gasteiger partial charge < -0.3 is 0 Å². The smallest absolute Gasteiger partial charge is 0.146 e. The van der Waals surface area contributed by atoms with Crippen molar-refractivity contribution in [1.29, 1.82) is 0 Å². The van der Waals surface area contributed by atoms with Gasteiger partial charge in [0.1, 0.15) is 6.61 Å². The molecule has 1 rings (SSSR count). The van der Waals surface area contributed by atoms with Gasteiger partial charge in [-0.2, -0.15) is 0 Å². The fourth-order valence-electron chi connectivity index (χ4n) is 0.751. The zero-order valence-electron chi connectivity index (χ0n) is 4.80. The molecule has 0 N–H and O–H groups in total. The fourth-order valence-corrected chi connectivity index (χ4v) is 1.69. The molecule has 0 saturated carbocycles. The van der Waals surface area contributed by atoms with Gasteiger partial charge in [-0.05, 0) is 23.8 Å². The molecule has 8 heavy (non-hydrogen) atoms. The van der Waals surface area contributed by atoms with Gasteiger partial charge in [0.15, 0.2) is 6.16 Å². The molecule has 0 aromatic heterocycles. The van der Waals surface area contributed by atoms with Crippen molar-refractivity contribution in [2.24, 2.45) is 0 Å². The number of hydrogen-bond acceptors (Lipinski definition) is 2. The molecule has 0 amide bonds. The van der Waals surface area contributed by atoms with Crippen molar-refractivity contribution >= 4 is 8.03 Å². The van der Waals surface area contributed by atoms with E-state index in [0.717, 1.165) is 19.0 Å². The summed E-state index contributed by atoms with van der Waals surface area (Å²) in [7, 11) is -1.27. The number of rotatable bonds is 0. The molecular formula is C5H10O2P+. The zero-order chi connectivity index (χ0) is 5.82. The highest BCUT2D eigenvalue weighted by molar-refractivity contribution is 7.39. The minimum atomic E-state index is -1.27. The van der Waals surface area contributed by atoms with Crippen LogP contribution in [0.5, 0.6) is 0 Å². The molecule has 0 aliphatic carbocycles. The molecule has 1 fully saturated rings. The summed E-state index contributed by atoms with van der Waals surface area (Å²) < 4.78 is 15.5. The van der Waals surface area contributed by atoms with E-state index in [0.29, 0.717) is 6.61 Å². The maximum Gasteiger partial charge on any atom is 0.508 e. The lowest BCUT2D eigenvalue weighted by Crippen LogP contribution is -1.79. The van der Waals surface area contributed by atoms with Crippen LogP contribution in [0.15, 0.2) is 0 Å². The third kappa shape index (κ3) is 1.89. The molecule has 3 heteroatoms. The Morgan fingerprint density at radius 2 is 2.12 bits per heavy atom. The molecule has 1 aliphatic heterocycles.